The maximum atomic E-state index is 12.2. The maximum absolute atomic E-state index is 12.2. The molecule has 0 aromatic rings. The second-order valence-electron chi connectivity index (χ2n) is 9.57. The van der Waals surface area contributed by atoms with Crippen molar-refractivity contribution in [3.8, 4) is 0 Å². The van der Waals surface area contributed by atoms with Gasteiger partial charge in [0.1, 0.15) is 5.78 Å². The van der Waals surface area contributed by atoms with Gasteiger partial charge in [0.15, 0.2) is 0 Å². The smallest absolute Gasteiger partial charge is 0.133 e. The van der Waals surface area contributed by atoms with Crippen molar-refractivity contribution in [2.45, 2.75) is 78.6 Å². The van der Waals surface area contributed by atoms with Crippen LogP contribution in [0.2, 0.25) is 0 Å². The van der Waals surface area contributed by atoms with Crippen molar-refractivity contribution in [3.05, 3.63) is 11.6 Å². The third-order valence-corrected chi connectivity index (χ3v) is 8.95. The topological polar surface area (TPSA) is 26.3 Å². The van der Waals surface area contributed by atoms with Crippen LogP contribution in [0.5, 0.6) is 0 Å². The van der Waals surface area contributed by atoms with Gasteiger partial charge in [0.05, 0.1) is 6.61 Å². The van der Waals surface area contributed by atoms with Gasteiger partial charge >= 0.3 is 0 Å². The summed E-state index contributed by atoms with van der Waals surface area (Å²) in [6.07, 6.45) is 13.2. The maximum Gasteiger partial charge on any atom is 0.133 e. The Hall–Kier alpha value is -0.630. The van der Waals surface area contributed by atoms with Crippen LogP contribution in [0.1, 0.15) is 78.6 Å². The van der Waals surface area contributed by atoms with Gasteiger partial charge < -0.3 is 4.74 Å². The van der Waals surface area contributed by atoms with Crippen LogP contribution in [0.3, 0.4) is 0 Å². The van der Waals surface area contributed by atoms with Gasteiger partial charge in [0.2, 0.25) is 0 Å². The Labute approximate surface area is 153 Å². The van der Waals surface area contributed by atoms with Crippen LogP contribution >= 0.6 is 0 Å². The first-order chi connectivity index (χ1) is 12.0. The summed E-state index contributed by atoms with van der Waals surface area (Å²) in [7, 11) is 0. The molecule has 0 spiro atoms. The number of allylic oxidation sites excluding steroid dienone is 2. The van der Waals surface area contributed by atoms with Crippen LogP contribution in [0.15, 0.2) is 11.6 Å². The Kier molecular flexibility index (Phi) is 4.63. The van der Waals surface area contributed by atoms with Crippen LogP contribution in [0.25, 0.3) is 0 Å². The molecule has 0 N–H and O–H groups in total. The number of rotatable bonds is 3. The fourth-order valence-corrected chi connectivity index (χ4v) is 7.74. The van der Waals surface area contributed by atoms with Crippen LogP contribution < -0.4 is 0 Å². The quantitative estimate of drug-likeness (QED) is 0.626. The lowest BCUT2D eigenvalue weighted by molar-refractivity contribution is -0.154. The van der Waals surface area contributed by atoms with Crippen LogP contribution in [-0.2, 0) is 9.53 Å². The fraction of sp³-hybridized carbons (Fsp3) is 0.870. The minimum absolute atomic E-state index is 0.298. The van der Waals surface area contributed by atoms with Crippen molar-refractivity contribution < 1.29 is 9.53 Å². The predicted molar refractivity (Wildman–Crippen MR) is 101 cm³/mol. The first kappa shape index (κ1) is 17.8. The summed E-state index contributed by atoms with van der Waals surface area (Å²) in [5.41, 5.74) is 2.49. The molecular weight excluding hydrogens is 308 g/mol. The van der Waals surface area contributed by atoms with Gasteiger partial charge in [-0.25, -0.2) is 0 Å². The molecule has 4 fully saturated rings. The monoisotopic (exact) mass is 344 g/mol. The summed E-state index contributed by atoms with van der Waals surface area (Å²) < 4.78 is 6.07. The van der Waals surface area contributed by atoms with E-state index >= 15 is 0 Å². The summed E-state index contributed by atoms with van der Waals surface area (Å²) >= 11 is 0. The molecule has 4 rings (SSSR count). The van der Waals surface area contributed by atoms with E-state index in [0.717, 1.165) is 50.2 Å². The van der Waals surface area contributed by atoms with Gasteiger partial charge in [0.25, 0.3) is 0 Å². The zero-order chi connectivity index (χ0) is 17.7. The molecule has 2 nitrogen and oxygen atoms in total. The van der Waals surface area contributed by atoms with Crippen LogP contribution in [0, 0.1) is 34.5 Å². The Morgan fingerprint density at radius 3 is 2.72 bits per heavy atom. The number of carbonyl (C=O) groups is 1. The number of fused-ring (bicyclic) bond motifs is 5. The number of hydrogen-bond donors (Lipinski definition) is 0. The second-order valence-corrected chi connectivity index (χ2v) is 9.57. The molecule has 0 aromatic heterocycles. The predicted octanol–water partition coefficient (Wildman–Crippen LogP) is 5.56. The summed E-state index contributed by atoms with van der Waals surface area (Å²) in [4.78, 5) is 12.2. The Bertz CT molecular complexity index is 564. The van der Waals surface area contributed by atoms with E-state index in [9.17, 15) is 4.79 Å². The highest BCUT2D eigenvalue weighted by Crippen LogP contribution is 2.67. The minimum Gasteiger partial charge on any atom is -0.381 e. The minimum atomic E-state index is 0.298. The average Bonchev–Trinajstić information content (AvgIpc) is 2.96. The number of carbonyl (C=O) groups excluding carboxylic acids is 1. The molecule has 0 amide bonds. The molecule has 0 bridgehead atoms. The summed E-state index contributed by atoms with van der Waals surface area (Å²) in [6, 6.07) is 0. The van der Waals surface area contributed by atoms with Crippen molar-refractivity contribution in [3.63, 3.8) is 0 Å². The highest BCUT2D eigenvalue weighted by Gasteiger charge is 2.60. The van der Waals surface area contributed by atoms with Crippen molar-refractivity contribution in [2.24, 2.45) is 34.5 Å². The lowest BCUT2D eigenvalue weighted by Crippen LogP contribution is -2.56. The van der Waals surface area contributed by atoms with Gasteiger partial charge in [0, 0.05) is 24.9 Å². The van der Waals surface area contributed by atoms with Crippen LogP contribution in [-0.4, -0.2) is 19.0 Å². The van der Waals surface area contributed by atoms with E-state index in [2.05, 4.69) is 26.8 Å². The molecule has 6 atom stereocenters. The molecule has 2 heteroatoms. The SMILES string of the molecule is CC=C1CC[C@H]2[C@@H]3CC[C@@H]4CC(=O)CC[C@]4(COCC)[C@H]3CC[C@]12C. The van der Waals surface area contributed by atoms with Gasteiger partial charge in [-0.05, 0) is 87.9 Å². The van der Waals surface area contributed by atoms with Gasteiger partial charge in [-0.2, -0.15) is 0 Å². The Morgan fingerprint density at radius 1 is 1.12 bits per heavy atom. The lowest BCUT2D eigenvalue weighted by Gasteiger charge is -2.60. The molecule has 0 aromatic carbocycles. The number of ether oxygens (including phenoxy) is 1. The molecule has 0 saturated heterocycles. The zero-order valence-electron chi connectivity index (χ0n) is 16.5. The van der Waals surface area contributed by atoms with E-state index < -0.39 is 0 Å². The molecule has 0 aliphatic heterocycles. The molecular formula is C23H36O2. The largest absolute Gasteiger partial charge is 0.381 e. The van der Waals surface area contributed by atoms with E-state index in [4.69, 9.17) is 4.74 Å². The molecule has 4 aliphatic carbocycles. The summed E-state index contributed by atoms with van der Waals surface area (Å²) in [6.45, 7) is 8.64. The third-order valence-electron chi connectivity index (χ3n) is 8.95. The van der Waals surface area contributed by atoms with Crippen molar-refractivity contribution in [1.29, 1.82) is 0 Å². The molecule has 0 heterocycles. The van der Waals surface area contributed by atoms with Crippen molar-refractivity contribution in [2.75, 3.05) is 13.2 Å². The highest BCUT2D eigenvalue weighted by molar-refractivity contribution is 5.79. The molecule has 140 valence electrons. The third kappa shape index (κ3) is 2.58. The van der Waals surface area contributed by atoms with Crippen molar-refractivity contribution in [1.82, 2.24) is 0 Å². The average molecular weight is 345 g/mol. The standard InChI is InChI=1S/C23H36O2/c1-4-16-7-9-20-19-8-6-17-14-18(24)10-13-23(17,15-25-5-2)21(19)11-12-22(16,20)3/h4,17,19-21H,5-15H2,1-3H3/t17-,19+,20+,21+,22-,23-/m1/s1. The molecule has 25 heavy (non-hydrogen) atoms. The summed E-state index contributed by atoms with van der Waals surface area (Å²) in [5, 5.41) is 0. The Balaban J connectivity index is 1.66. The van der Waals surface area contributed by atoms with Crippen molar-refractivity contribution >= 4 is 5.78 Å². The van der Waals surface area contributed by atoms with Crippen LogP contribution in [0.4, 0.5) is 0 Å². The first-order valence-corrected chi connectivity index (χ1v) is 10.8. The molecule has 4 saturated carbocycles. The normalized spacial score (nSPS) is 48.1. The van der Waals surface area contributed by atoms with Gasteiger partial charge in [-0.1, -0.05) is 18.6 Å². The number of Topliss-reactive ketones (excluding diaryl/α,β-unsaturated/α-hetero) is 1. The van der Waals surface area contributed by atoms with Gasteiger partial charge in [-0.3, -0.25) is 4.79 Å². The zero-order valence-corrected chi connectivity index (χ0v) is 16.5. The second kappa shape index (κ2) is 6.51. The highest BCUT2D eigenvalue weighted by atomic mass is 16.5. The Morgan fingerprint density at radius 2 is 1.96 bits per heavy atom. The van der Waals surface area contributed by atoms with E-state index in [0.29, 0.717) is 22.5 Å². The molecule has 4 aliphatic rings. The van der Waals surface area contributed by atoms with E-state index in [1.54, 1.807) is 5.57 Å². The molecule has 0 unspecified atom stereocenters. The first-order valence-electron chi connectivity index (χ1n) is 10.8. The van der Waals surface area contributed by atoms with Gasteiger partial charge in [-0.15, -0.1) is 0 Å². The number of ketones is 1. The van der Waals surface area contributed by atoms with E-state index in [1.165, 1.54) is 38.5 Å². The number of hydrogen-bond acceptors (Lipinski definition) is 2. The lowest BCUT2D eigenvalue weighted by atomic mass is 9.44. The summed E-state index contributed by atoms with van der Waals surface area (Å²) in [5.74, 6) is 3.62. The molecule has 0 radical (unpaired) electrons. The van der Waals surface area contributed by atoms with E-state index in [-0.39, 0.29) is 0 Å². The fourth-order valence-electron chi connectivity index (χ4n) is 7.74. The van der Waals surface area contributed by atoms with E-state index in [1.807, 2.05) is 0 Å².